The van der Waals surface area contributed by atoms with E-state index in [9.17, 15) is 4.39 Å². The predicted molar refractivity (Wildman–Crippen MR) is 105 cm³/mol. The molecule has 3 N–H and O–H groups in total. The Kier molecular flexibility index (Phi) is 6.27. The van der Waals surface area contributed by atoms with Gasteiger partial charge in [-0.3, -0.25) is 5.84 Å². The Bertz CT molecular complexity index is 892. The Balaban J connectivity index is 1.85. The first kappa shape index (κ1) is 18.9. The van der Waals surface area contributed by atoms with Crippen molar-refractivity contribution in [2.24, 2.45) is 5.84 Å². The maximum absolute atomic E-state index is 14.6. The molecule has 0 heterocycles. The van der Waals surface area contributed by atoms with Gasteiger partial charge in [0.05, 0.1) is 11.1 Å². The second-order valence-electron chi connectivity index (χ2n) is 5.71. The molecule has 0 aliphatic rings. The first-order valence-electron chi connectivity index (χ1n) is 7.96. The second kappa shape index (κ2) is 8.64. The summed E-state index contributed by atoms with van der Waals surface area (Å²) >= 11 is 9.22. The van der Waals surface area contributed by atoms with Gasteiger partial charge in [0.1, 0.15) is 18.2 Å². The molecule has 0 saturated heterocycles. The number of hydrogen-bond acceptors (Lipinski definition) is 3. The summed E-state index contributed by atoms with van der Waals surface area (Å²) in [4.78, 5) is 0. The van der Waals surface area contributed by atoms with Crippen LogP contribution in [0.2, 0.25) is 5.02 Å². The third-order valence-electron chi connectivity index (χ3n) is 3.98. The number of benzene rings is 3. The van der Waals surface area contributed by atoms with Gasteiger partial charge in [-0.1, -0.05) is 60.1 Å². The van der Waals surface area contributed by atoms with Crippen LogP contribution in [0.15, 0.2) is 71.2 Å². The fraction of sp³-hybridized carbons (Fsp3) is 0.100. The van der Waals surface area contributed by atoms with Crippen LogP contribution < -0.4 is 16.0 Å². The molecule has 134 valence electrons. The van der Waals surface area contributed by atoms with Crippen molar-refractivity contribution >= 4 is 27.5 Å². The molecule has 26 heavy (non-hydrogen) atoms. The highest BCUT2D eigenvalue weighted by Gasteiger charge is 2.20. The van der Waals surface area contributed by atoms with Crippen LogP contribution in [-0.2, 0) is 6.61 Å². The third-order valence-corrected chi connectivity index (χ3v) is 5.24. The summed E-state index contributed by atoms with van der Waals surface area (Å²) in [5, 5.41) is 0.0271. The molecule has 0 aliphatic heterocycles. The van der Waals surface area contributed by atoms with Crippen LogP contribution in [0.5, 0.6) is 5.75 Å². The molecule has 0 aliphatic carbocycles. The minimum absolute atomic E-state index is 0.0271. The molecule has 3 nitrogen and oxygen atoms in total. The van der Waals surface area contributed by atoms with Gasteiger partial charge >= 0.3 is 0 Å². The molecule has 0 spiro atoms. The number of rotatable bonds is 6. The Morgan fingerprint density at radius 1 is 1.08 bits per heavy atom. The van der Waals surface area contributed by atoms with Crippen molar-refractivity contribution < 1.29 is 9.13 Å². The predicted octanol–water partition coefficient (Wildman–Crippen LogP) is 5.37. The standard InChI is InChI=1S/C20H17BrClFN2O/c21-17-10-9-16(19(23)18(17)22)20(25-24)14-7-4-8-15(11-14)26-12-13-5-2-1-3-6-13/h1-11,20,25H,12,24H2. The average Bonchev–Trinajstić information content (AvgIpc) is 2.68. The molecule has 0 saturated carbocycles. The van der Waals surface area contributed by atoms with Gasteiger partial charge < -0.3 is 4.74 Å². The number of nitrogens with one attached hydrogen (secondary N) is 1. The smallest absolute Gasteiger partial charge is 0.148 e. The first-order chi connectivity index (χ1) is 12.6. The van der Waals surface area contributed by atoms with Gasteiger partial charge in [0.15, 0.2) is 0 Å². The summed E-state index contributed by atoms with van der Waals surface area (Å²) in [6.07, 6.45) is 0. The van der Waals surface area contributed by atoms with E-state index in [0.29, 0.717) is 22.4 Å². The van der Waals surface area contributed by atoms with Gasteiger partial charge in [0.2, 0.25) is 0 Å². The maximum atomic E-state index is 14.6. The minimum Gasteiger partial charge on any atom is -0.489 e. The van der Waals surface area contributed by atoms with Gasteiger partial charge in [0, 0.05) is 10.0 Å². The van der Waals surface area contributed by atoms with Crippen LogP contribution in [-0.4, -0.2) is 0 Å². The van der Waals surface area contributed by atoms with Crippen molar-refractivity contribution in [2.75, 3.05) is 0 Å². The van der Waals surface area contributed by atoms with E-state index in [-0.39, 0.29) is 5.02 Å². The molecular formula is C20H17BrClFN2O. The third kappa shape index (κ3) is 4.24. The van der Waals surface area contributed by atoms with E-state index in [1.54, 1.807) is 12.1 Å². The normalized spacial score (nSPS) is 12.0. The molecule has 0 aromatic heterocycles. The molecule has 3 rings (SSSR count). The Hall–Kier alpha value is -1.92. The van der Waals surface area contributed by atoms with Crippen LogP contribution in [0, 0.1) is 5.82 Å². The molecule has 0 bridgehead atoms. The van der Waals surface area contributed by atoms with Crippen LogP contribution in [0.3, 0.4) is 0 Å². The lowest BCUT2D eigenvalue weighted by Crippen LogP contribution is -2.29. The molecule has 0 fully saturated rings. The van der Waals surface area contributed by atoms with Gasteiger partial charge in [-0.2, -0.15) is 0 Å². The zero-order valence-electron chi connectivity index (χ0n) is 13.8. The number of hydrogen-bond donors (Lipinski definition) is 2. The van der Waals surface area contributed by atoms with Crippen molar-refractivity contribution in [2.45, 2.75) is 12.6 Å². The molecule has 3 aromatic carbocycles. The van der Waals surface area contributed by atoms with E-state index >= 15 is 0 Å². The van der Waals surface area contributed by atoms with E-state index in [1.165, 1.54) is 0 Å². The van der Waals surface area contributed by atoms with Crippen LogP contribution >= 0.6 is 27.5 Å². The molecule has 1 unspecified atom stereocenters. The van der Waals surface area contributed by atoms with Crippen molar-refractivity contribution in [3.8, 4) is 5.75 Å². The Morgan fingerprint density at radius 2 is 1.85 bits per heavy atom. The Morgan fingerprint density at radius 3 is 2.58 bits per heavy atom. The molecule has 0 amide bonds. The molecule has 6 heteroatoms. The zero-order valence-corrected chi connectivity index (χ0v) is 16.1. The second-order valence-corrected chi connectivity index (χ2v) is 6.94. The lowest BCUT2D eigenvalue weighted by atomic mass is 9.98. The highest BCUT2D eigenvalue weighted by atomic mass is 79.9. The van der Waals surface area contributed by atoms with Crippen molar-refractivity contribution in [1.29, 1.82) is 0 Å². The molecule has 0 radical (unpaired) electrons. The van der Waals surface area contributed by atoms with E-state index in [2.05, 4.69) is 21.4 Å². The van der Waals surface area contributed by atoms with Crippen molar-refractivity contribution in [3.63, 3.8) is 0 Å². The summed E-state index contributed by atoms with van der Waals surface area (Å²) in [7, 11) is 0. The number of ether oxygens (including phenoxy) is 1. The Labute approximate surface area is 165 Å². The summed E-state index contributed by atoms with van der Waals surface area (Å²) in [6, 6.07) is 20.0. The summed E-state index contributed by atoms with van der Waals surface area (Å²) in [6.45, 7) is 0.448. The average molecular weight is 436 g/mol. The number of halogens is 3. The van der Waals surface area contributed by atoms with Crippen molar-refractivity contribution in [1.82, 2.24) is 5.43 Å². The fourth-order valence-corrected chi connectivity index (χ4v) is 3.13. The lowest BCUT2D eigenvalue weighted by Gasteiger charge is -2.19. The number of hydrazine groups is 1. The fourth-order valence-electron chi connectivity index (χ4n) is 2.65. The van der Waals surface area contributed by atoms with E-state index in [0.717, 1.165) is 11.1 Å². The van der Waals surface area contributed by atoms with Crippen LogP contribution in [0.25, 0.3) is 0 Å². The highest BCUT2D eigenvalue weighted by molar-refractivity contribution is 9.10. The van der Waals surface area contributed by atoms with E-state index in [1.807, 2.05) is 54.6 Å². The lowest BCUT2D eigenvalue weighted by molar-refractivity contribution is 0.305. The maximum Gasteiger partial charge on any atom is 0.148 e. The molecular weight excluding hydrogens is 419 g/mol. The summed E-state index contributed by atoms with van der Waals surface area (Å²) in [5.74, 6) is 5.86. The summed E-state index contributed by atoms with van der Waals surface area (Å²) in [5.41, 5.74) is 4.86. The minimum atomic E-state index is -0.555. The largest absolute Gasteiger partial charge is 0.489 e. The van der Waals surface area contributed by atoms with Gasteiger partial charge in [-0.25, -0.2) is 9.82 Å². The highest BCUT2D eigenvalue weighted by Crippen LogP contribution is 2.33. The quantitative estimate of drug-likeness (QED) is 0.311. The SMILES string of the molecule is NNC(c1cccc(OCc2ccccc2)c1)c1ccc(Br)c(Cl)c1F. The first-order valence-corrected chi connectivity index (χ1v) is 9.13. The van der Waals surface area contributed by atoms with E-state index < -0.39 is 11.9 Å². The van der Waals surface area contributed by atoms with Gasteiger partial charge in [-0.05, 0) is 45.3 Å². The zero-order chi connectivity index (χ0) is 18.5. The van der Waals surface area contributed by atoms with Gasteiger partial charge in [0.25, 0.3) is 0 Å². The monoisotopic (exact) mass is 434 g/mol. The van der Waals surface area contributed by atoms with E-state index in [4.69, 9.17) is 22.2 Å². The number of nitrogens with two attached hydrogens (primary N) is 1. The van der Waals surface area contributed by atoms with Crippen LogP contribution in [0.4, 0.5) is 4.39 Å². The summed E-state index contributed by atoms with van der Waals surface area (Å²) < 4.78 is 20.9. The molecule has 1 atom stereocenters. The van der Waals surface area contributed by atoms with Crippen molar-refractivity contribution in [3.05, 3.63) is 98.7 Å². The van der Waals surface area contributed by atoms with Crippen LogP contribution in [0.1, 0.15) is 22.7 Å². The molecule has 3 aromatic rings. The topological polar surface area (TPSA) is 47.3 Å². The van der Waals surface area contributed by atoms with Gasteiger partial charge in [-0.15, -0.1) is 0 Å².